The van der Waals surface area contributed by atoms with E-state index in [0.29, 0.717) is 24.7 Å². The second-order valence-electron chi connectivity index (χ2n) is 8.32. The summed E-state index contributed by atoms with van der Waals surface area (Å²) in [6.45, 7) is 8.71. The summed E-state index contributed by atoms with van der Waals surface area (Å²) < 4.78 is 10.3. The average molecular weight is 374 g/mol. The molecule has 6 heteroatoms. The molecule has 1 heterocycles. The summed E-state index contributed by atoms with van der Waals surface area (Å²) in [6, 6.07) is 6.26. The Morgan fingerprint density at radius 1 is 1.11 bits per heavy atom. The monoisotopic (exact) mass is 374 g/mol. The second kappa shape index (κ2) is 7.89. The predicted octanol–water partition coefficient (Wildman–Crippen LogP) is 3.40. The molecule has 1 unspecified atom stereocenters. The first-order valence-electron chi connectivity index (χ1n) is 9.71. The SMILES string of the molecule is COC(=O)c1ccc2c(c1)CCCC2N1CCN(C(=O)OC(C)(C)C)CC1. The summed E-state index contributed by atoms with van der Waals surface area (Å²) in [5, 5.41) is 0. The van der Waals surface area contributed by atoms with Crippen molar-refractivity contribution in [3.05, 3.63) is 34.9 Å². The van der Waals surface area contributed by atoms with E-state index in [4.69, 9.17) is 9.47 Å². The van der Waals surface area contributed by atoms with Gasteiger partial charge < -0.3 is 14.4 Å². The van der Waals surface area contributed by atoms with Crippen LogP contribution in [-0.2, 0) is 15.9 Å². The second-order valence-corrected chi connectivity index (χ2v) is 8.32. The molecule has 1 aromatic carbocycles. The molecular weight excluding hydrogens is 344 g/mol. The van der Waals surface area contributed by atoms with Crippen LogP contribution >= 0.6 is 0 Å². The van der Waals surface area contributed by atoms with Gasteiger partial charge in [0.05, 0.1) is 12.7 Å². The van der Waals surface area contributed by atoms with Crippen LogP contribution in [0.4, 0.5) is 4.79 Å². The largest absolute Gasteiger partial charge is 0.465 e. The normalized spacial score (nSPS) is 20.7. The fourth-order valence-corrected chi connectivity index (χ4v) is 3.96. The highest BCUT2D eigenvalue weighted by Crippen LogP contribution is 2.35. The molecule has 6 nitrogen and oxygen atoms in total. The number of fused-ring (bicyclic) bond motifs is 1. The number of hydrogen-bond donors (Lipinski definition) is 0. The van der Waals surface area contributed by atoms with E-state index in [1.54, 1.807) is 4.90 Å². The van der Waals surface area contributed by atoms with Crippen molar-refractivity contribution in [2.45, 2.75) is 51.7 Å². The molecule has 0 saturated carbocycles. The Morgan fingerprint density at radius 2 is 1.81 bits per heavy atom. The molecule has 1 aromatic rings. The Bertz CT molecular complexity index is 703. The number of carbonyl (C=O) groups excluding carboxylic acids is 2. The van der Waals surface area contributed by atoms with E-state index in [0.717, 1.165) is 32.4 Å². The van der Waals surface area contributed by atoms with Crippen LogP contribution < -0.4 is 0 Å². The predicted molar refractivity (Wildman–Crippen MR) is 103 cm³/mol. The molecule has 1 fully saturated rings. The van der Waals surface area contributed by atoms with Gasteiger partial charge in [-0.05, 0) is 63.3 Å². The molecule has 1 atom stereocenters. The summed E-state index contributed by atoms with van der Waals surface area (Å²) in [6.07, 6.45) is 2.98. The molecule has 0 N–H and O–H groups in total. The first-order valence-corrected chi connectivity index (χ1v) is 9.71. The van der Waals surface area contributed by atoms with Gasteiger partial charge in [-0.3, -0.25) is 4.90 Å². The Labute approximate surface area is 161 Å². The standard InChI is InChI=1S/C21H30N2O4/c1-21(2,3)27-20(25)23-12-10-22(11-13-23)18-7-5-6-15-14-16(19(24)26-4)8-9-17(15)18/h8-9,14,18H,5-7,10-13H2,1-4H3. The summed E-state index contributed by atoms with van der Waals surface area (Å²) in [4.78, 5) is 28.3. The Morgan fingerprint density at radius 3 is 2.44 bits per heavy atom. The van der Waals surface area contributed by atoms with Crippen molar-refractivity contribution in [3.63, 3.8) is 0 Å². The third-order valence-corrected chi connectivity index (χ3v) is 5.25. The fourth-order valence-electron chi connectivity index (χ4n) is 3.96. The van der Waals surface area contributed by atoms with Gasteiger partial charge in [-0.2, -0.15) is 0 Å². The van der Waals surface area contributed by atoms with Crippen LogP contribution in [0.1, 0.15) is 61.1 Å². The number of piperazine rings is 1. The van der Waals surface area contributed by atoms with Crippen molar-refractivity contribution in [1.82, 2.24) is 9.80 Å². The minimum absolute atomic E-state index is 0.228. The van der Waals surface area contributed by atoms with Crippen molar-refractivity contribution >= 4 is 12.1 Å². The number of ether oxygens (including phenoxy) is 2. The number of rotatable bonds is 2. The Balaban J connectivity index is 1.66. The van der Waals surface area contributed by atoms with Crippen LogP contribution in [0.3, 0.4) is 0 Å². The zero-order valence-electron chi connectivity index (χ0n) is 16.8. The molecule has 1 saturated heterocycles. The Hall–Kier alpha value is -2.08. The lowest BCUT2D eigenvalue weighted by Gasteiger charge is -2.41. The van der Waals surface area contributed by atoms with E-state index >= 15 is 0 Å². The molecule has 27 heavy (non-hydrogen) atoms. The van der Waals surface area contributed by atoms with Crippen molar-refractivity contribution in [2.75, 3.05) is 33.3 Å². The lowest BCUT2D eigenvalue weighted by atomic mass is 9.85. The molecule has 0 aromatic heterocycles. The van der Waals surface area contributed by atoms with Gasteiger partial charge in [-0.15, -0.1) is 0 Å². The van der Waals surface area contributed by atoms with Crippen LogP contribution in [0.5, 0.6) is 0 Å². The molecule has 2 aliphatic rings. The van der Waals surface area contributed by atoms with Crippen molar-refractivity contribution in [2.24, 2.45) is 0 Å². The van der Waals surface area contributed by atoms with E-state index in [2.05, 4.69) is 11.0 Å². The maximum Gasteiger partial charge on any atom is 0.410 e. The summed E-state index contributed by atoms with van der Waals surface area (Å²) in [7, 11) is 1.41. The third-order valence-electron chi connectivity index (χ3n) is 5.25. The van der Waals surface area contributed by atoms with E-state index in [1.165, 1.54) is 18.2 Å². The Kier molecular flexibility index (Phi) is 5.75. The average Bonchev–Trinajstić information content (AvgIpc) is 2.65. The van der Waals surface area contributed by atoms with Gasteiger partial charge in [0.25, 0.3) is 0 Å². The van der Waals surface area contributed by atoms with E-state index in [-0.39, 0.29) is 12.1 Å². The highest BCUT2D eigenvalue weighted by molar-refractivity contribution is 5.89. The molecule has 1 aliphatic heterocycles. The first-order chi connectivity index (χ1) is 12.8. The minimum Gasteiger partial charge on any atom is -0.465 e. The minimum atomic E-state index is -0.464. The number of carbonyl (C=O) groups is 2. The number of nitrogens with zero attached hydrogens (tertiary/aromatic N) is 2. The topological polar surface area (TPSA) is 59.1 Å². The molecule has 0 radical (unpaired) electrons. The number of esters is 1. The van der Waals surface area contributed by atoms with Crippen LogP contribution in [0.25, 0.3) is 0 Å². The van der Waals surface area contributed by atoms with Gasteiger partial charge >= 0.3 is 12.1 Å². The van der Waals surface area contributed by atoms with Gasteiger partial charge in [0.2, 0.25) is 0 Å². The van der Waals surface area contributed by atoms with Crippen molar-refractivity contribution in [1.29, 1.82) is 0 Å². The zero-order valence-corrected chi connectivity index (χ0v) is 16.8. The maximum atomic E-state index is 12.3. The van der Waals surface area contributed by atoms with Crippen LogP contribution in [-0.4, -0.2) is 60.8 Å². The van der Waals surface area contributed by atoms with Crippen molar-refractivity contribution in [3.8, 4) is 0 Å². The van der Waals surface area contributed by atoms with Crippen LogP contribution in [0.15, 0.2) is 18.2 Å². The molecule has 0 bridgehead atoms. The summed E-state index contributed by atoms with van der Waals surface area (Å²) in [5.74, 6) is -0.286. The van der Waals surface area contributed by atoms with Gasteiger partial charge in [-0.25, -0.2) is 9.59 Å². The zero-order chi connectivity index (χ0) is 19.6. The van der Waals surface area contributed by atoms with Gasteiger partial charge in [0.15, 0.2) is 0 Å². The van der Waals surface area contributed by atoms with Gasteiger partial charge in [0.1, 0.15) is 5.60 Å². The molecule has 3 rings (SSSR count). The van der Waals surface area contributed by atoms with Gasteiger partial charge in [0, 0.05) is 32.2 Å². The first kappa shape index (κ1) is 19.7. The van der Waals surface area contributed by atoms with Gasteiger partial charge in [-0.1, -0.05) is 6.07 Å². The number of benzene rings is 1. The molecular formula is C21H30N2O4. The highest BCUT2D eigenvalue weighted by atomic mass is 16.6. The lowest BCUT2D eigenvalue weighted by molar-refractivity contribution is 0.00926. The third kappa shape index (κ3) is 4.61. The summed E-state index contributed by atoms with van der Waals surface area (Å²) in [5.41, 5.74) is 2.70. The summed E-state index contributed by atoms with van der Waals surface area (Å²) >= 11 is 0. The maximum absolute atomic E-state index is 12.3. The molecule has 148 valence electrons. The smallest absolute Gasteiger partial charge is 0.410 e. The number of amides is 1. The number of aryl methyl sites for hydroxylation is 1. The lowest BCUT2D eigenvalue weighted by Crippen LogP contribution is -2.51. The fraction of sp³-hybridized carbons (Fsp3) is 0.619. The number of hydrogen-bond acceptors (Lipinski definition) is 5. The molecule has 1 aliphatic carbocycles. The molecule has 1 amide bonds. The quantitative estimate of drug-likeness (QED) is 0.743. The highest BCUT2D eigenvalue weighted by Gasteiger charge is 2.31. The van der Waals surface area contributed by atoms with Crippen LogP contribution in [0, 0.1) is 0 Å². The number of methoxy groups -OCH3 is 1. The van der Waals surface area contributed by atoms with E-state index < -0.39 is 5.60 Å². The van der Waals surface area contributed by atoms with Crippen molar-refractivity contribution < 1.29 is 19.1 Å². The van der Waals surface area contributed by atoms with E-state index in [9.17, 15) is 9.59 Å². The van der Waals surface area contributed by atoms with E-state index in [1.807, 2.05) is 32.9 Å². The molecule has 0 spiro atoms. The van der Waals surface area contributed by atoms with Crippen LogP contribution in [0.2, 0.25) is 0 Å².